The van der Waals surface area contributed by atoms with Crippen molar-refractivity contribution < 1.29 is 0 Å². The van der Waals surface area contributed by atoms with Crippen LogP contribution in [0.2, 0.25) is 0 Å². The number of anilines is 2. The molecule has 1 aliphatic heterocycles. The zero-order valence-corrected chi connectivity index (χ0v) is 11.6. The van der Waals surface area contributed by atoms with Crippen molar-refractivity contribution in [1.29, 1.82) is 0 Å². The second-order valence-electron chi connectivity index (χ2n) is 5.80. The Bertz CT molecular complexity index is 437. The molecule has 1 aliphatic carbocycles. The number of nitrogen functional groups attached to an aromatic ring is 1. The molecule has 3 N–H and O–H groups in total. The summed E-state index contributed by atoms with van der Waals surface area (Å²) >= 11 is 0. The van der Waals surface area contributed by atoms with E-state index in [2.05, 4.69) is 26.3 Å². The minimum absolute atomic E-state index is 0.409. The summed E-state index contributed by atoms with van der Waals surface area (Å²) < 4.78 is 0. The van der Waals surface area contributed by atoms with Crippen LogP contribution in [-0.2, 0) is 6.42 Å². The quantitative estimate of drug-likeness (QED) is 0.805. The number of hydrogen-bond donors (Lipinski definition) is 2. The van der Waals surface area contributed by atoms with Crippen LogP contribution in [0.3, 0.4) is 0 Å². The van der Waals surface area contributed by atoms with Gasteiger partial charge in [0.2, 0.25) is 5.95 Å². The van der Waals surface area contributed by atoms with Crippen LogP contribution in [-0.4, -0.2) is 36.1 Å². The van der Waals surface area contributed by atoms with Gasteiger partial charge in [0.1, 0.15) is 5.82 Å². The van der Waals surface area contributed by atoms with E-state index < -0.39 is 0 Å². The van der Waals surface area contributed by atoms with Crippen LogP contribution in [0.25, 0.3) is 0 Å². The average Bonchev–Trinajstić information content (AvgIpc) is 3.11. The number of aryl methyl sites for hydroxylation is 1. The average molecular weight is 261 g/mol. The van der Waals surface area contributed by atoms with Crippen LogP contribution >= 0.6 is 0 Å². The van der Waals surface area contributed by atoms with E-state index in [1.54, 1.807) is 0 Å². The smallest absolute Gasteiger partial charge is 0.222 e. The first kappa shape index (κ1) is 12.7. The molecule has 2 aliphatic rings. The van der Waals surface area contributed by atoms with Gasteiger partial charge < -0.3 is 16.0 Å². The monoisotopic (exact) mass is 261 g/mol. The lowest BCUT2D eigenvalue weighted by molar-refractivity contribution is 0.447. The maximum atomic E-state index is 5.82. The molecule has 0 bridgehead atoms. The molecule has 0 unspecified atom stereocenters. The number of nitrogens with zero attached hydrogens (tertiary/aromatic N) is 3. The lowest BCUT2D eigenvalue weighted by atomic mass is 10.1. The standard InChI is InChI=1S/C14H23N5/c1-16-12-8-19(9-12)13-7-11(17-14(15)18-13)4-2-3-10-5-6-10/h7,10,12,16H,2-6,8-9H2,1H3,(H2,15,17,18). The molecular formula is C14H23N5. The minimum Gasteiger partial charge on any atom is -0.368 e. The van der Waals surface area contributed by atoms with E-state index in [0.717, 1.165) is 36.9 Å². The van der Waals surface area contributed by atoms with Crippen molar-refractivity contribution in [1.82, 2.24) is 15.3 Å². The van der Waals surface area contributed by atoms with Gasteiger partial charge in [0.05, 0.1) is 0 Å². The molecule has 1 saturated carbocycles. The fourth-order valence-corrected chi connectivity index (χ4v) is 2.62. The number of likely N-dealkylation sites (N-methyl/N-ethyl adjacent to an activating group) is 1. The molecule has 0 aromatic carbocycles. The lowest BCUT2D eigenvalue weighted by Crippen LogP contribution is -2.57. The van der Waals surface area contributed by atoms with E-state index in [4.69, 9.17) is 5.73 Å². The molecular weight excluding hydrogens is 238 g/mol. The highest BCUT2D eigenvalue weighted by Gasteiger charge is 2.26. The maximum Gasteiger partial charge on any atom is 0.222 e. The highest BCUT2D eigenvalue weighted by Crippen LogP contribution is 2.33. The third-order valence-corrected chi connectivity index (χ3v) is 4.14. The van der Waals surface area contributed by atoms with E-state index >= 15 is 0 Å². The van der Waals surface area contributed by atoms with Gasteiger partial charge in [0.15, 0.2) is 0 Å². The van der Waals surface area contributed by atoms with Crippen molar-refractivity contribution in [2.24, 2.45) is 5.92 Å². The second kappa shape index (κ2) is 5.33. The Labute approximate surface area is 114 Å². The highest BCUT2D eigenvalue weighted by atomic mass is 15.3. The van der Waals surface area contributed by atoms with Gasteiger partial charge in [-0.2, -0.15) is 4.98 Å². The number of nitrogens with two attached hydrogens (primary N) is 1. The summed E-state index contributed by atoms with van der Waals surface area (Å²) in [7, 11) is 2.00. The van der Waals surface area contributed by atoms with Gasteiger partial charge in [0.25, 0.3) is 0 Å². The number of aromatic nitrogens is 2. The van der Waals surface area contributed by atoms with Crippen molar-refractivity contribution in [2.45, 2.75) is 38.1 Å². The Morgan fingerprint density at radius 2 is 2.16 bits per heavy atom. The molecule has 5 nitrogen and oxygen atoms in total. The lowest BCUT2D eigenvalue weighted by Gasteiger charge is -2.40. The third-order valence-electron chi connectivity index (χ3n) is 4.14. The van der Waals surface area contributed by atoms with E-state index in [9.17, 15) is 0 Å². The van der Waals surface area contributed by atoms with E-state index in [-0.39, 0.29) is 0 Å². The van der Waals surface area contributed by atoms with Crippen molar-refractivity contribution in [2.75, 3.05) is 30.8 Å². The van der Waals surface area contributed by atoms with E-state index in [0.29, 0.717) is 12.0 Å². The fourth-order valence-electron chi connectivity index (χ4n) is 2.62. The first-order chi connectivity index (χ1) is 9.24. The minimum atomic E-state index is 0.409. The molecule has 1 aromatic heterocycles. The van der Waals surface area contributed by atoms with Gasteiger partial charge in [-0.05, 0) is 25.8 Å². The fraction of sp³-hybridized carbons (Fsp3) is 0.714. The summed E-state index contributed by atoms with van der Waals surface area (Å²) in [6.07, 6.45) is 6.44. The van der Waals surface area contributed by atoms with Crippen molar-refractivity contribution in [3.63, 3.8) is 0 Å². The second-order valence-corrected chi connectivity index (χ2v) is 5.80. The normalized spacial score (nSPS) is 19.5. The number of rotatable bonds is 6. The number of hydrogen-bond acceptors (Lipinski definition) is 5. The molecule has 0 radical (unpaired) electrons. The Hall–Kier alpha value is -1.36. The summed E-state index contributed by atoms with van der Waals surface area (Å²) in [6, 6.07) is 2.68. The van der Waals surface area contributed by atoms with Gasteiger partial charge in [-0.3, -0.25) is 0 Å². The molecule has 104 valence electrons. The first-order valence-electron chi connectivity index (χ1n) is 7.30. The Balaban J connectivity index is 1.59. The van der Waals surface area contributed by atoms with Gasteiger partial charge in [0, 0.05) is 30.9 Å². The number of nitrogens with one attached hydrogen (secondary N) is 1. The molecule has 2 heterocycles. The molecule has 5 heteroatoms. The zero-order valence-electron chi connectivity index (χ0n) is 11.6. The van der Waals surface area contributed by atoms with E-state index in [1.807, 2.05) is 7.05 Å². The Kier molecular flexibility index (Phi) is 3.55. The van der Waals surface area contributed by atoms with Gasteiger partial charge in [-0.15, -0.1) is 0 Å². The summed E-state index contributed by atoms with van der Waals surface area (Å²) in [5, 5.41) is 3.27. The summed E-state index contributed by atoms with van der Waals surface area (Å²) in [4.78, 5) is 11.0. The van der Waals surface area contributed by atoms with Crippen LogP contribution in [0.4, 0.5) is 11.8 Å². The van der Waals surface area contributed by atoms with Crippen LogP contribution in [0.5, 0.6) is 0 Å². The third kappa shape index (κ3) is 3.15. The Morgan fingerprint density at radius 3 is 2.84 bits per heavy atom. The highest BCUT2D eigenvalue weighted by molar-refractivity contribution is 5.46. The first-order valence-corrected chi connectivity index (χ1v) is 7.30. The van der Waals surface area contributed by atoms with Gasteiger partial charge in [-0.25, -0.2) is 4.98 Å². The predicted octanol–water partition coefficient (Wildman–Crippen LogP) is 1.20. The molecule has 2 fully saturated rings. The molecule has 0 spiro atoms. The summed E-state index contributed by atoms with van der Waals surface area (Å²) in [5.74, 6) is 2.39. The predicted molar refractivity (Wildman–Crippen MR) is 77.2 cm³/mol. The molecule has 3 rings (SSSR count). The van der Waals surface area contributed by atoms with Crippen molar-refractivity contribution >= 4 is 11.8 Å². The van der Waals surface area contributed by atoms with Gasteiger partial charge >= 0.3 is 0 Å². The zero-order chi connectivity index (χ0) is 13.2. The molecule has 1 aromatic rings. The SMILES string of the molecule is CNC1CN(c2cc(CCCC3CC3)nc(N)n2)C1. The topological polar surface area (TPSA) is 67.1 Å². The molecule has 0 amide bonds. The van der Waals surface area contributed by atoms with Crippen LogP contribution < -0.4 is 16.0 Å². The maximum absolute atomic E-state index is 5.82. The van der Waals surface area contributed by atoms with Crippen LogP contribution in [0.15, 0.2) is 6.07 Å². The summed E-state index contributed by atoms with van der Waals surface area (Å²) in [6.45, 7) is 2.02. The molecule has 0 atom stereocenters. The molecule has 1 saturated heterocycles. The molecule has 19 heavy (non-hydrogen) atoms. The van der Waals surface area contributed by atoms with Crippen molar-refractivity contribution in [3.05, 3.63) is 11.8 Å². The largest absolute Gasteiger partial charge is 0.368 e. The van der Waals surface area contributed by atoms with Crippen LogP contribution in [0, 0.1) is 5.92 Å². The summed E-state index contributed by atoms with van der Waals surface area (Å²) in [5.41, 5.74) is 6.92. The van der Waals surface area contributed by atoms with Crippen molar-refractivity contribution in [3.8, 4) is 0 Å². The van der Waals surface area contributed by atoms with E-state index in [1.165, 1.54) is 25.7 Å². The Morgan fingerprint density at radius 1 is 1.37 bits per heavy atom. The van der Waals surface area contributed by atoms with Crippen LogP contribution in [0.1, 0.15) is 31.4 Å². The van der Waals surface area contributed by atoms with Gasteiger partial charge in [-0.1, -0.05) is 19.3 Å².